The second-order valence-corrected chi connectivity index (χ2v) is 13.4. The molecule has 1 amide bonds. The molecule has 0 radical (unpaired) electrons. The first kappa shape index (κ1) is 24.2. The fourth-order valence-electron chi connectivity index (χ4n) is 2.59. The predicted octanol–water partition coefficient (Wildman–Crippen LogP) is 6.02. The summed E-state index contributed by atoms with van der Waals surface area (Å²) in [5, 5.41) is 10.8. The Morgan fingerprint density at radius 1 is 1.32 bits per heavy atom. The number of aryl methyl sites for hydroxylation is 1. The lowest BCUT2D eigenvalue weighted by Crippen LogP contribution is -2.40. The average molecular weight is 408 g/mol. The minimum Gasteiger partial charge on any atom is -0.507 e. The van der Waals surface area contributed by atoms with Gasteiger partial charge in [-0.2, -0.15) is 0 Å². The zero-order valence-electron chi connectivity index (χ0n) is 18.6. The fraction of sp³-hybridized carbons (Fsp3) is 0.591. The zero-order chi connectivity index (χ0) is 21.5. The highest BCUT2D eigenvalue weighted by Crippen LogP contribution is 2.39. The minimum absolute atomic E-state index is 0.0486. The van der Waals surface area contributed by atoms with Gasteiger partial charge in [0.2, 0.25) is 0 Å². The van der Waals surface area contributed by atoms with Gasteiger partial charge < -0.3 is 14.3 Å². The number of aromatic hydroxyl groups is 1. The maximum Gasteiger partial charge on any atom is 0.414 e. The van der Waals surface area contributed by atoms with Gasteiger partial charge in [-0.3, -0.25) is 4.90 Å². The summed E-state index contributed by atoms with van der Waals surface area (Å²) < 4.78 is 11.3. The third-order valence-corrected chi connectivity index (χ3v) is 9.94. The average Bonchev–Trinajstić information content (AvgIpc) is 2.61. The van der Waals surface area contributed by atoms with Crippen LogP contribution in [0.15, 0.2) is 24.8 Å². The zero-order valence-corrected chi connectivity index (χ0v) is 19.6. The SMILES string of the molecule is C=CCN(C(=O)OC)c1cc(CCCC)cc(O)c1CO[Si](C)(C)C(C)(C)C. The van der Waals surface area contributed by atoms with Crippen LogP contribution in [0, 0.1) is 0 Å². The van der Waals surface area contributed by atoms with E-state index in [2.05, 4.69) is 47.4 Å². The summed E-state index contributed by atoms with van der Waals surface area (Å²) in [7, 11) is -0.671. The van der Waals surface area contributed by atoms with Gasteiger partial charge in [-0.15, -0.1) is 6.58 Å². The summed E-state index contributed by atoms with van der Waals surface area (Å²) in [5.41, 5.74) is 2.22. The van der Waals surface area contributed by atoms with Crippen LogP contribution < -0.4 is 4.90 Å². The standard InChI is InChI=1S/C22H37NO4Si/c1-9-11-12-17-14-19(23(13-10-2)21(25)26-6)18(20(24)15-17)16-27-28(7,8)22(3,4)5/h10,14-15,24H,2,9,11-13,16H2,1,3-8H3. The Morgan fingerprint density at radius 3 is 2.46 bits per heavy atom. The highest BCUT2D eigenvalue weighted by atomic mass is 28.4. The molecule has 1 aromatic carbocycles. The molecule has 0 saturated carbocycles. The smallest absolute Gasteiger partial charge is 0.414 e. The predicted molar refractivity (Wildman–Crippen MR) is 119 cm³/mol. The number of unbranched alkanes of at least 4 members (excludes halogenated alkanes) is 1. The van der Waals surface area contributed by atoms with E-state index >= 15 is 0 Å². The highest BCUT2D eigenvalue weighted by molar-refractivity contribution is 6.74. The molecular formula is C22H37NO4Si. The fourth-order valence-corrected chi connectivity index (χ4v) is 3.53. The molecule has 158 valence electrons. The molecule has 0 fully saturated rings. The summed E-state index contributed by atoms with van der Waals surface area (Å²) in [6.45, 7) is 17.3. The van der Waals surface area contributed by atoms with Crippen molar-refractivity contribution >= 4 is 20.1 Å². The van der Waals surface area contributed by atoms with Crippen molar-refractivity contribution in [2.45, 2.75) is 71.7 Å². The number of amides is 1. The maximum absolute atomic E-state index is 12.4. The van der Waals surface area contributed by atoms with Crippen LogP contribution in [-0.4, -0.2) is 33.2 Å². The maximum atomic E-state index is 12.4. The topological polar surface area (TPSA) is 59.0 Å². The Bertz CT molecular complexity index is 680. The number of phenolic OH excluding ortho intramolecular Hbond substituents is 1. The molecule has 0 unspecified atom stereocenters. The highest BCUT2D eigenvalue weighted by Gasteiger charge is 2.37. The van der Waals surface area contributed by atoms with Gasteiger partial charge in [0.1, 0.15) is 5.75 Å². The van der Waals surface area contributed by atoms with Crippen molar-refractivity contribution in [3.05, 3.63) is 35.9 Å². The van der Waals surface area contributed by atoms with Crippen LogP contribution in [0.4, 0.5) is 10.5 Å². The van der Waals surface area contributed by atoms with E-state index in [0.717, 1.165) is 24.8 Å². The number of carbonyl (C=O) groups is 1. The molecule has 0 bridgehead atoms. The molecule has 0 aliphatic rings. The van der Waals surface area contributed by atoms with Gasteiger partial charge in [0.25, 0.3) is 0 Å². The van der Waals surface area contributed by atoms with E-state index in [1.54, 1.807) is 12.1 Å². The third-order valence-electron chi connectivity index (χ3n) is 5.46. The van der Waals surface area contributed by atoms with Gasteiger partial charge in [0.15, 0.2) is 8.32 Å². The quantitative estimate of drug-likeness (QED) is 0.402. The number of benzene rings is 1. The molecule has 0 atom stereocenters. The molecule has 0 aliphatic carbocycles. The first-order valence-corrected chi connectivity index (χ1v) is 12.8. The van der Waals surface area contributed by atoms with Crippen LogP contribution in [0.1, 0.15) is 51.7 Å². The number of phenols is 1. The lowest BCUT2D eigenvalue weighted by molar-refractivity contribution is 0.179. The summed E-state index contributed by atoms with van der Waals surface area (Å²) in [4.78, 5) is 13.9. The number of carbonyl (C=O) groups excluding carboxylic acids is 1. The minimum atomic E-state index is -2.02. The van der Waals surface area contributed by atoms with Gasteiger partial charge in [0, 0.05) is 12.1 Å². The van der Waals surface area contributed by atoms with Crippen molar-refractivity contribution in [1.82, 2.24) is 0 Å². The Morgan fingerprint density at radius 2 is 1.96 bits per heavy atom. The van der Waals surface area contributed by atoms with E-state index in [0.29, 0.717) is 11.3 Å². The van der Waals surface area contributed by atoms with E-state index < -0.39 is 14.4 Å². The lowest BCUT2D eigenvalue weighted by atomic mass is 10.0. The molecule has 1 aromatic rings. The number of nitrogens with zero attached hydrogens (tertiary/aromatic N) is 1. The number of rotatable bonds is 9. The monoisotopic (exact) mass is 407 g/mol. The number of anilines is 1. The Hall–Kier alpha value is -1.79. The Kier molecular flexibility index (Phi) is 8.76. The van der Waals surface area contributed by atoms with Crippen LogP contribution in [0.25, 0.3) is 0 Å². The van der Waals surface area contributed by atoms with Crippen LogP contribution in [0.2, 0.25) is 18.1 Å². The summed E-state index contributed by atoms with van der Waals surface area (Å²) in [6.07, 6.45) is 4.06. The second kappa shape index (κ2) is 10.1. The van der Waals surface area contributed by atoms with E-state index in [1.807, 2.05) is 6.07 Å². The number of hydrogen-bond acceptors (Lipinski definition) is 4. The van der Waals surface area contributed by atoms with Crippen LogP contribution in [0.5, 0.6) is 5.75 Å². The van der Waals surface area contributed by atoms with Crippen LogP contribution in [-0.2, 0) is 22.2 Å². The van der Waals surface area contributed by atoms with E-state index in [1.165, 1.54) is 12.0 Å². The van der Waals surface area contributed by atoms with Crippen molar-refractivity contribution in [3.63, 3.8) is 0 Å². The van der Waals surface area contributed by atoms with Crippen molar-refractivity contribution in [2.75, 3.05) is 18.6 Å². The lowest BCUT2D eigenvalue weighted by Gasteiger charge is -2.36. The van der Waals surface area contributed by atoms with Gasteiger partial charge >= 0.3 is 6.09 Å². The molecule has 1 rings (SSSR count). The molecule has 5 nitrogen and oxygen atoms in total. The van der Waals surface area contributed by atoms with E-state index in [-0.39, 0.29) is 23.9 Å². The van der Waals surface area contributed by atoms with E-state index in [9.17, 15) is 9.90 Å². The van der Waals surface area contributed by atoms with Gasteiger partial charge in [0.05, 0.1) is 19.4 Å². The molecule has 6 heteroatoms. The molecule has 0 spiro atoms. The van der Waals surface area contributed by atoms with Crippen molar-refractivity contribution < 1.29 is 19.1 Å². The van der Waals surface area contributed by atoms with Crippen molar-refractivity contribution in [3.8, 4) is 5.75 Å². The Balaban J connectivity index is 3.39. The van der Waals surface area contributed by atoms with Gasteiger partial charge in [-0.1, -0.05) is 40.2 Å². The van der Waals surface area contributed by atoms with Crippen LogP contribution >= 0.6 is 0 Å². The summed E-state index contributed by atoms with van der Waals surface area (Å²) >= 11 is 0. The number of hydrogen-bond donors (Lipinski definition) is 1. The van der Waals surface area contributed by atoms with Crippen molar-refractivity contribution in [2.24, 2.45) is 0 Å². The molecule has 0 heterocycles. The van der Waals surface area contributed by atoms with E-state index in [4.69, 9.17) is 9.16 Å². The molecule has 0 aromatic heterocycles. The normalized spacial score (nSPS) is 12.0. The van der Waals surface area contributed by atoms with Gasteiger partial charge in [-0.05, 0) is 48.7 Å². The Labute approximate surface area is 171 Å². The van der Waals surface area contributed by atoms with Crippen molar-refractivity contribution in [1.29, 1.82) is 0 Å². The molecule has 1 N–H and O–H groups in total. The number of ether oxygens (including phenoxy) is 1. The van der Waals surface area contributed by atoms with Gasteiger partial charge in [-0.25, -0.2) is 4.79 Å². The number of methoxy groups -OCH3 is 1. The first-order valence-electron chi connectivity index (χ1n) is 9.93. The summed E-state index contributed by atoms with van der Waals surface area (Å²) in [6, 6.07) is 3.74. The summed E-state index contributed by atoms with van der Waals surface area (Å²) in [5.74, 6) is 0.153. The first-order chi connectivity index (χ1) is 13.0. The van der Waals surface area contributed by atoms with Crippen LogP contribution in [0.3, 0.4) is 0 Å². The molecular weight excluding hydrogens is 370 g/mol. The third kappa shape index (κ3) is 6.11. The second-order valence-electron chi connectivity index (χ2n) is 8.63. The molecule has 0 saturated heterocycles. The molecule has 0 aliphatic heterocycles. The largest absolute Gasteiger partial charge is 0.507 e. The molecule has 28 heavy (non-hydrogen) atoms.